The van der Waals surface area contributed by atoms with Crippen molar-refractivity contribution in [3.63, 3.8) is 0 Å². The molecule has 2 rings (SSSR count). The lowest BCUT2D eigenvalue weighted by molar-refractivity contribution is -0.145. The van der Waals surface area contributed by atoms with Gasteiger partial charge in [-0.05, 0) is 24.7 Å². The molecular weight excluding hydrogens is 194 g/mol. The number of carboxylic acid groups (broad SMARTS) is 1. The van der Waals surface area contributed by atoms with E-state index >= 15 is 0 Å². The van der Waals surface area contributed by atoms with Crippen molar-refractivity contribution < 1.29 is 14.6 Å². The molecule has 2 fully saturated rings. The van der Waals surface area contributed by atoms with Crippen LogP contribution < -0.4 is 0 Å². The van der Waals surface area contributed by atoms with Gasteiger partial charge in [-0.25, -0.2) is 0 Å². The van der Waals surface area contributed by atoms with Crippen LogP contribution in [0.2, 0.25) is 0 Å². The molecule has 3 unspecified atom stereocenters. The number of ether oxygens (including phenoxy) is 1. The molecule has 1 aliphatic heterocycles. The molecule has 0 aromatic heterocycles. The summed E-state index contributed by atoms with van der Waals surface area (Å²) >= 11 is 0. The zero-order valence-electron chi connectivity index (χ0n) is 9.19. The van der Waals surface area contributed by atoms with Gasteiger partial charge in [0.25, 0.3) is 0 Å². The Labute approximate surface area is 90.2 Å². The van der Waals surface area contributed by atoms with E-state index in [4.69, 9.17) is 9.84 Å². The largest absolute Gasteiger partial charge is 0.480 e. The smallest absolute Gasteiger partial charge is 0.323 e. The molecular formula is C11H19NO3. The van der Waals surface area contributed by atoms with Crippen molar-refractivity contribution in [2.45, 2.75) is 25.3 Å². The fourth-order valence-electron chi connectivity index (χ4n) is 3.02. The van der Waals surface area contributed by atoms with Crippen LogP contribution in [-0.4, -0.2) is 48.8 Å². The molecule has 0 amide bonds. The van der Waals surface area contributed by atoms with Gasteiger partial charge in [0, 0.05) is 20.2 Å². The molecule has 0 spiro atoms. The number of fused-ring (bicyclic) bond motifs is 1. The van der Waals surface area contributed by atoms with Crippen LogP contribution in [0.15, 0.2) is 0 Å². The van der Waals surface area contributed by atoms with Gasteiger partial charge in [-0.3, -0.25) is 9.69 Å². The lowest BCUT2D eigenvalue weighted by Crippen LogP contribution is -2.43. The van der Waals surface area contributed by atoms with Crippen LogP contribution in [0.4, 0.5) is 0 Å². The maximum Gasteiger partial charge on any atom is 0.323 e. The van der Waals surface area contributed by atoms with Crippen LogP contribution >= 0.6 is 0 Å². The van der Waals surface area contributed by atoms with E-state index in [1.165, 1.54) is 19.3 Å². The second kappa shape index (κ2) is 4.49. The minimum Gasteiger partial charge on any atom is -0.480 e. The lowest BCUT2D eigenvalue weighted by atomic mass is 10.0. The van der Waals surface area contributed by atoms with Gasteiger partial charge in [-0.15, -0.1) is 0 Å². The first-order valence-electron chi connectivity index (χ1n) is 5.68. The molecule has 3 atom stereocenters. The van der Waals surface area contributed by atoms with E-state index < -0.39 is 12.0 Å². The first kappa shape index (κ1) is 10.9. The van der Waals surface area contributed by atoms with Crippen LogP contribution in [0.5, 0.6) is 0 Å². The second-order valence-corrected chi connectivity index (χ2v) is 4.71. The Morgan fingerprint density at radius 3 is 2.53 bits per heavy atom. The fourth-order valence-corrected chi connectivity index (χ4v) is 3.02. The summed E-state index contributed by atoms with van der Waals surface area (Å²) in [5.41, 5.74) is 0. The van der Waals surface area contributed by atoms with Gasteiger partial charge in [-0.2, -0.15) is 0 Å². The Kier molecular flexibility index (Phi) is 3.26. The van der Waals surface area contributed by atoms with Crippen LogP contribution in [0.1, 0.15) is 19.3 Å². The summed E-state index contributed by atoms with van der Waals surface area (Å²) in [6.45, 7) is 2.20. The van der Waals surface area contributed by atoms with Gasteiger partial charge in [0.15, 0.2) is 0 Å². The van der Waals surface area contributed by atoms with E-state index in [0.717, 1.165) is 24.9 Å². The van der Waals surface area contributed by atoms with E-state index in [0.29, 0.717) is 6.61 Å². The summed E-state index contributed by atoms with van der Waals surface area (Å²) in [5.74, 6) is 0.726. The average Bonchev–Trinajstić information content (AvgIpc) is 2.72. The van der Waals surface area contributed by atoms with Crippen LogP contribution in [0.3, 0.4) is 0 Å². The number of nitrogens with zero attached hydrogens (tertiary/aromatic N) is 1. The van der Waals surface area contributed by atoms with Gasteiger partial charge in [-0.1, -0.05) is 6.42 Å². The highest BCUT2D eigenvalue weighted by molar-refractivity contribution is 5.73. The van der Waals surface area contributed by atoms with Crippen LogP contribution in [0.25, 0.3) is 0 Å². The molecule has 1 saturated carbocycles. The standard InChI is InChI=1S/C11H19NO3/c1-15-7-10(11(13)14)12-5-8-3-2-4-9(8)6-12/h8-10H,2-7H2,1H3,(H,13,14). The van der Waals surface area contributed by atoms with Gasteiger partial charge in [0.2, 0.25) is 0 Å². The predicted molar refractivity (Wildman–Crippen MR) is 55.7 cm³/mol. The summed E-state index contributed by atoms with van der Waals surface area (Å²) in [7, 11) is 1.56. The highest BCUT2D eigenvalue weighted by Crippen LogP contribution is 2.38. The van der Waals surface area contributed by atoms with Gasteiger partial charge in [0.05, 0.1) is 6.61 Å². The summed E-state index contributed by atoms with van der Waals surface area (Å²) in [5, 5.41) is 9.11. The van der Waals surface area contributed by atoms with Gasteiger partial charge >= 0.3 is 5.97 Å². The number of rotatable bonds is 4. The number of methoxy groups -OCH3 is 1. The number of hydrogen-bond acceptors (Lipinski definition) is 3. The second-order valence-electron chi connectivity index (χ2n) is 4.71. The molecule has 2 aliphatic rings. The number of likely N-dealkylation sites (tertiary alicyclic amines) is 1. The molecule has 0 aromatic rings. The van der Waals surface area contributed by atoms with Crippen molar-refractivity contribution in [3.05, 3.63) is 0 Å². The van der Waals surface area contributed by atoms with Crippen molar-refractivity contribution in [1.82, 2.24) is 4.90 Å². The maximum absolute atomic E-state index is 11.1. The maximum atomic E-state index is 11.1. The van der Waals surface area contributed by atoms with E-state index in [1.54, 1.807) is 7.11 Å². The van der Waals surface area contributed by atoms with Crippen molar-refractivity contribution in [1.29, 1.82) is 0 Å². The normalized spacial score (nSPS) is 32.9. The molecule has 0 bridgehead atoms. The highest BCUT2D eigenvalue weighted by Gasteiger charge is 2.40. The van der Waals surface area contributed by atoms with E-state index in [9.17, 15) is 4.79 Å². The average molecular weight is 213 g/mol. The molecule has 1 heterocycles. The molecule has 1 aliphatic carbocycles. The number of carboxylic acids is 1. The topological polar surface area (TPSA) is 49.8 Å². The third-order valence-electron chi connectivity index (χ3n) is 3.80. The lowest BCUT2D eigenvalue weighted by Gasteiger charge is -2.24. The van der Waals surface area contributed by atoms with Crippen LogP contribution in [0, 0.1) is 11.8 Å². The Hall–Kier alpha value is -0.610. The Morgan fingerprint density at radius 2 is 2.07 bits per heavy atom. The molecule has 1 saturated heterocycles. The van der Waals surface area contributed by atoms with E-state index in [-0.39, 0.29) is 0 Å². The third kappa shape index (κ3) is 2.16. The van der Waals surface area contributed by atoms with Crippen molar-refractivity contribution in [2.75, 3.05) is 26.8 Å². The zero-order chi connectivity index (χ0) is 10.8. The van der Waals surface area contributed by atoms with Gasteiger partial charge in [0.1, 0.15) is 6.04 Å². The van der Waals surface area contributed by atoms with Crippen molar-refractivity contribution >= 4 is 5.97 Å². The molecule has 15 heavy (non-hydrogen) atoms. The zero-order valence-corrected chi connectivity index (χ0v) is 9.19. The van der Waals surface area contributed by atoms with Gasteiger partial charge < -0.3 is 9.84 Å². The number of hydrogen-bond donors (Lipinski definition) is 1. The number of aliphatic carboxylic acids is 1. The third-order valence-corrected chi connectivity index (χ3v) is 3.80. The summed E-state index contributed by atoms with van der Waals surface area (Å²) in [6.07, 6.45) is 3.88. The highest BCUT2D eigenvalue weighted by atomic mass is 16.5. The monoisotopic (exact) mass is 213 g/mol. The summed E-state index contributed by atoms with van der Waals surface area (Å²) < 4.78 is 4.98. The number of carbonyl (C=O) groups is 1. The van der Waals surface area contributed by atoms with Crippen molar-refractivity contribution in [3.8, 4) is 0 Å². The minimum absolute atomic E-state index is 0.300. The summed E-state index contributed by atoms with van der Waals surface area (Å²) in [4.78, 5) is 13.2. The minimum atomic E-state index is -0.753. The first-order valence-corrected chi connectivity index (χ1v) is 5.68. The molecule has 0 aromatic carbocycles. The quantitative estimate of drug-likeness (QED) is 0.751. The predicted octanol–water partition coefficient (Wildman–Crippen LogP) is 0.818. The first-order chi connectivity index (χ1) is 7.22. The molecule has 4 nitrogen and oxygen atoms in total. The van der Waals surface area contributed by atoms with Crippen LogP contribution in [-0.2, 0) is 9.53 Å². The molecule has 4 heteroatoms. The molecule has 86 valence electrons. The Morgan fingerprint density at radius 1 is 1.47 bits per heavy atom. The fraction of sp³-hybridized carbons (Fsp3) is 0.909. The molecule has 1 N–H and O–H groups in total. The summed E-state index contributed by atoms with van der Waals surface area (Å²) in [6, 6.07) is -0.444. The van der Waals surface area contributed by atoms with E-state index in [1.807, 2.05) is 0 Å². The van der Waals surface area contributed by atoms with Crippen molar-refractivity contribution in [2.24, 2.45) is 11.8 Å². The Bertz CT molecular complexity index is 232. The SMILES string of the molecule is COCC(C(=O)O)N1CC2CCCC2C1. The molecule has 0 radical (unpaired) electrons. The Balaban J connectivity index is 1.95. The van der Waals surface area contributed by atoms with E-state index in [2.05, 4.69) is 4.90 Å².